The van der Waals surface area contributed by atoms with E-state index in [-0.39, 0.29) is 45.1 Å². The van der Waals surface area contributed by atoms with Crippen molar-refractivity contribution >= 4 is 46.9 Å². The lowest BCUT2D eigenvalue weighted by molar-refractivity contribution is -0.123. The van der Waals surface area contributed by atoms with Crippen LogP contribution in [0.2, 0.25) is 36.3 Å². The van der Waals surface area contributed by atoms with Gasteiger partial charge in [-0.25, -0.2) is 19.2 Å². The second kappa shape index (κ2) is 28.9. The van der Waals surface area contributed by atoms with Gasteiger partial charge in [-0.1, -0.05) is 90.1 Å². The zero-order chi connectivity index (χ0) is 54.6. The number of nitrogens with one attached hydrogen (secondary N) is 4. The first kappa shape index (κ1) is 62.6. The van der Waals surface area contributed by atoms with E-state index < -0.39 is 82.0 Å². The first-order valence-corrected chi connectivity index (χ1v) is 32.0. The molecule has 412 valence electrons. The second-order valence-electron chi connectivity index (χ2n) is 22.3. The summed E-state index contributed by atoms with van der Waals surface area (Å²) in [5.41, 5.74) is 2.20. The maximum Gasteiger partial charge on any atom is 0.410 e. The van der Waals surface area contributed by atoms with Crippen molar-refractivity contribution in [3.63, 3.8) is 0 Å². The number of unbranched alkanes of at least 4 members (excludes halogenated alkanes) is 1. The summed E-state index contributed by atoms with van der Waals surface area (Å²) in [4.78, 5) is 69.4. The van der Waals surface area contributed by atoms with Crippen molar-refractivity contribution in [3.8, 4) is 11.1 Å². The van der Waals surface area contributed by atoms with Crippen molar-refractivity contribution in [2.45, 2.75) is 207 Å². The number of fused-ring (bicyclic) bond motifs is 3. The molecule has 1 aliphatic rings. The van der Waals surface area contributed by atoms with Crippen molar-refractivity contribution in [2.24, 2.45) is 0 Å². The van der Waals surface area contributed by atoms with Crippen LogP contribution >= 0.6 is 0 Å². The zero-order valence-corrected chi connectivity index (χ0v) is 49.2. The molecule has 73 heavy (non-hydrogen) atoms. The Kier molecular flexibility index (Phi) is 24.8. The van der Waals surface area contributed by atoms with Crippen molar-refractivity contribution in [1.29, 1.82) is 0 Å². The van der Waals surface area contributed by atoms with Crippen LogP contribution in [0.5, 0.6) is 0 Å². The van der Waals surface area contributed by atoms with Crippen LogP contribution in [0.4, 0.5) is 19.2 Å². The summed E-state index contributed by atoms with van der Waals surface area (Å²) >= 11 is 0. The van der Waals surface area contributed by atoms with Crippen LogP contribution in [0, 0.1) is 0 Å². The number of amides is 5. The number of ether oxygens (including phenoxy) is 4. The van der Waals surface area contributed by atoms with Gasteiger partial charge in [-0.2, -0.15) is 0 Å². The van der Waals surface area contributed by atoms with E-state index >= 15 is 0 Å². The normalized spacial score (nSPS) is 14.2. The molecule has 1 aliphatic carbocycles. The van der Waals surface area contributed by atoms with Crippen molar-refractivity contribution < 1.29 is 51.8 Å². The molecule has 0 bridgehead atoms. The highest BCUT2D eigenvalue weighted by Gasteiger charge is 2.38. The molecule has 3 rings (SSSR count). The first-order valence-electron chi connectivity index (χ1n) is 26.9. The lowest BCUT2D eigenvalue weighted by Gasteiger charge is -2.39. The minimum absolute atomic E-state index is 0.0270. The van der Waals surface area contributed by atoms with Crippen LogP contribution in [0.1, 0.15) is 147 Å². The molecule has 0 spiro atoms. The Morgan fingerprint density at radius 3 is 1.49 bits per heavy atom. The topological polar surface area (TPSA) is 192 Å². The molecular weight excluding hydrogens is 963 g/mol. The number of benzene rings is 2. The fraction of sp³-hybridized carbons (Fsp3) is 0.691. The van der Waals surface area contributed by atoms with Gasteiger partial charge >= 0.3 is 24.4 Å². The molecular formula is C55H93N5O11Si2. The van der Waals surface area contributed by atoms with Gasteiger partial charge < -0.3 is 54.0 Å². The number of nitrogens with zero attached hydrogens (tertiary/aromatic N) is 1. The second-order valence-corrected chi connectivity index (χ2v) is 31.7. The van der Waals surface area contributed by atoms with Crippen molar-refractivity contribution in [3.05, 3.63) is 59.7 Å². The highest BCUT2D eigenvalue weighted by Crippen LogP contribution is 2.44. The number of rotatable bonds is 28. The monoisotopic (exact) mass is 1060 g/mol. The summed E-state index contributed by atoms with van der Waals surface area (Å²) in [5.74, 6) is -0.618. The number of hydrogen-bond acceptors (Lipinski definition) is 11. The number of alkyl carbamates (subject to hydrolysis) is 3. The average Bonchev–Trinajstić information content (AvgIpc) is 3.64. The Morgan fingerprint density at radius 1 is 0.562 bits per heavy atom. The summed E-state index contributed by atoms with van der Waals surface area (Å²) in [7, 11) is -4.63. The summed E-state index contributed by atoms with van der Waals surface area (Å²) < 4.78 is 37.1. The van der Waals surface area contributed by atoms with E-state index in [0.29, 0.717) is 25.8 Å². The molecule has 5 amide bonds. The van der Waals surface area contributed by atoms with Crippen LogP contribution < -0.4 is 21.3 Å². The molecule has 0 aromatic heterocycles. The summed E-state index contributed by atoms with van der Waals surface area (Å²) in [6.07, 6.45) is -1.84. The third-order valence-electron chi connectivity index (χ3n) is 13.4. The summed E-state index contributed by atoms with van der Waals surface area (Å²) in [6.45, 7) is 30.0. The molecule has 3 atom stereocenters. The van der Waals surface area contributed by atoms with Gasteiger partial charge in [-0.3, -0.25) is 4.79 Å². The van der Waals surface area contributed by atoms with Crippen LogP contribution in [0.3, 0.4) is 0 Å². The first-order chi connectivity index (χ1) is 34.2. The van der Waals surface area contributed by atoms with Crippen LogP contribution in [-0.2, 0) is 32.6 Å². The SMILES string of the molecule is CC[Si](CC)(CC)OC(CCNC(=O)OC(C)(C)C)CN(CC(CNC(=O)[C@H](CCCCNC(=O)OC(C)(C)C)NC(=O)OCC1c2ccccc2-c2ccccc21)O[Si](CC)(CC)CC)C(=O)OC(C)(C)C. The van der Waals surface area contributed by atoms with Gasteiger partial charge in [0, 0.05) is 32.1 Å². The Morgan fingerprint density at radius 2 is 1.01 bits per heavy atom. The minimum Gasteiger partial charge on any atom is -0.449 e. The fourth-order valence-corrected chi connectivity index (χ4v) is 14.9. The molecule has 0 aliphatic heterocycles. The molecule has 2 aromatic carbocycles. The maximum absolute atomic E-state index is 14.5. The fourth-order valence-electron chi connectivity index (χ4n) is 9.10. The highest BCUT2D eigenvalue weighted by molar-refractivity contribution is 6.74. The van der Waals surface area contributed by atoms with Gasteiger partial charge in [0.1, 0.15) is 29.5 Å². The maximum atomic E-state index is 14.5. The lowest BCUT2D eigenvalue weighted by Crippen LogP contribution is -2.54. The van der Waals surface area contributed by atoms with Gasteiger partial charge in [-0.05, 0) is 147 Å². The van der Waals surface area contributed by atoms with Gasteiger partial charge in [0.05, 0.1) is 18.8 Å². The van der Waals surface area contributed by atoms with E-state index in [2.05, 4.69) is 74.9 Å². The van der Waals surface area contributed by atoms with Crippen molar-refractivity contribution in [1.82, 2.24) is 26.2 Å². The van der Waals surface area contributed by atoms with E-state index in [1.54, 1.807) is 25.7 Å². The van der Waals surface area contributed by atoms with E-state index in [1.807, 2.05) is 77.9 Å². The molecule has 2 aromatic rings. The quantitative estimate of drug-likeness (QED) is 0.0360. The van der Waals surface area contributed by atoms with Gasteiger partial charge in [0.15, 0.2) is 16.6 Å². The molecule has 2 unspecified atom stereocenters. The Bertz CT molecular complexity index is 2000. The van der Waals surface area contributed by atoms with Gasteiger partial charge in [0.25, 0.3) is 0 Å². The Balaban J connectivity index is 1.94. The molecule has 16 nitrogen and oxygen atoms in total. The van der Waals surface area contributed by atoms with E-state index in [1.165, 1.54) is 0 Å². The highest BCUT2D eigenvalue weighted by atomic mass is 28.4. The largest absolute Gasteiger partial charge is 0.449 e. The third-order valence-corrected chi connectivity index (χ3v) is 22.8. The molecule has 0 saturated carbocycles. The Labute approximate surface area is 440 Å². The molecule has 18 heteroatoms. The zero-order valence-electron chi connectivity index (χ0n) is 47.2. The lowest BCUT2D eigenvalue weighted by atomic mass is 9.98. The average molecular weight is 1060 g/mol. The molecule has 4 N–H and O–H groups in total. The van der Waals surface area contributed by atoms with E-state index in [4.69, 9.17) is 27.8 Å². The number of carbonyl (C=O) groups is 5. The third kappa shape index (κ3) is 21.2. The standard InChI is InChI=1S/C55H93N5O11Si2/c1-16-72(17-2,18-3)70-40(33-35-57-50(63)68-54(10,11)12)37-60(52(65)69-55(13,14)15)38-41(71-73(19-4,20-5)21-6)36-58-48(61)47(32-26-27-34-56-49(62)67-53(7,8)9)59-51(64)66-39-46-44-30-24-22-28-42(44)43-29-23-25-31-45(43)46/h22-25,28-31,40-41,46-47H,16-21,26-27,32-39H2,1-15H3,(H,56,62)(H,57,63)(H,58,61)(H,59,64)/t40?,41?,47-/m0/s1. The summed E-state index contributed by atoms with van der Waals surface area (Å²) in [6, 6.07) is 20.3. The number of carbonyl (C=O) groups excluding carboxylic acids is 5. The van der Waals surface area contributed by atoms with E-state index in [0.717, 1.165) is 58.5 Å². The van der Waals surface area contributed by atoms with Gasteiger partial charge in [0.2, 0.25) is 5.91 Å². The minimum atomic E-state index is -2.38. The summed E-state index contributed by atoms with van der Waals surface area (Å²) in [5, 5.41) is 11.6. The predicted octanol–water partition coefficient (Wildman–Crippen LogP) is 11.6. The van der Waals surface area contributed by atoms with Gasteiger partial charge in [-0.15, -0.1) is 0 Å². The van der Waals surface area contributed by atoms with Crippen LogP contribution in [0.25, 0.3) is 11.1 Å². The number of hydrogen-bond donors (Lipinski definition) is 4. The Hall–Kier alpha value is -4.66. The molecule has 0 heterocycles. The van der Waals surface area contributed by atoms with E-state index in [9.17, 15) is 24.0 Å². The smallest absolute Gasteiger partial charge is 0.410 e. The van der Waals surface area contributed by atoms with Crippen LogP contribution in [-0.4, -0.2) is 126 Å². The molecule has 0 radical (unpaired) electrons. The van der Waals surface area contributed by atoms with Crippen LogP contribution in [0.15, 0.2) is 48.5 Å². The predicted molar refractivity (Wildman–Crippen MR) is 294 cm³/mol. The van der Waals surface area contributed by atoms with Crippen molar-refractivity contribution in [2.75, 3.05) is 39.3 Å². The molecule has 0 saturated heterocycles. The molecule has 0 fully saturated rings.